The van der Waals surface area contributed by atoms with Crippen LogP contribution in [0.2, 0.25) is 5.02 Å². The summed E-state index contributed by atoms with van der Waals surface area (Å²) in [7, 11) is 0. The predicted octanol–water partition coefficient (Wildman–Crippen LogP) is 1.18. The predicted molar refractivity (Wildman–Crippen MR) is 82.2 cm³/mol. The number of hydrogen-bond acceptors (Lipinski definition) is 4. The molecule has 114 valence electrons. The molecule has 2 unspecified atom stereocenters. The van der Waals surface area contributed by atoms with Gasteiger partial charge in [-0.3, -0.25) is 9.80 Å². The first kappa shape index (κ1) is 13.8. The standard InChI is InChI=1S/C16H21ClN2O2/c17-13-7-11-1-6-21-16(11)12(8-13)9-15(20)14-10-18-2-4-19(14)5-3-18/h7-8,14-15,20H,1-6,9-10H2. The van der Waals surface area contributed by atoms with Gasteiger partial charge in [0.2, 0.25) is 0 Å². The molecule has 4 aliphatic heterocycles. The van der Waals surface area contributed by atoms with E-state index in [0.717, 1.165) is 62.1 Å². The first-order chi connectivity index (χ1) is 10.2. The van der Waals surface area contributed by atoms with E-state index in [1.54, 1.807) is 0 Å². The van der Waals surface area contributed by atoms with Gasteiger partial charge in [0.05, 0.1) is 12.7 Å². The largest absolute Gasteiger partial charge is 0.493 e. The van der Waals surface area contributed by atoms with Gasteiger partial charge in [-0.15, -0.1) is 0 Å². The van der Waals surface area contributed by atoms with Gasteiger partial charge in [0.1, 0.15) is 5.75 Å². The highest BCUT2D eigenvalue weighted by molar-refractivity contribution is 6.30. The van der Waals surface area contributed by atoms with Crippen molar-refractivity contribution in [2.24, 2.45) is 0 Å². The number of nitrogens with zero attached hydrogens (tertiary/aromatic N) is 2. The van der Waals surface area contributed by atoms with Crippen LogP contribution in [0.4, 0.5) is 0 Å². The Morgan fingerprint density at radius 2 is 2.10 bits per heavy atom. The number of ether oxygens (including phenoxy) is 1. The zero-order valence-corrected chi connectivity index (χ0v) is 12.9. The number of aliphatic hydroxyl groups is 1. The van der Waals surface area contributed by atoms with Crippen LogP contribution in [0.15, 0.2) is 12.1 Å². The topological polar surface area (TPSA) is 35.9 Å². The lowest BCUT2D eigenvalue weighted by Crippen LogP contribution is -2.64. The fourth-order valence-corrected chi connectivity index (χ4v) is 4.15. The Kier molecular flexibility index (Phi) is 3.58. The van der Waals surface area contributed by atoms with E-state index in [1.165, 1.54) is 5.56 Å². The molecule has 21 heavy (non-hydrogen) atoms. The number of aliphatic hydroxyl groups excluding tert-OH is 1. The molecule has 0 saturated carbocycles. The molecule has 5 rings (SSSR count). The molecule has 0 spiro atoms. The molecule has 2 bridgehead atoms. The van der Waals surface area contributed by atoms with Gasteiger partial charge < -0.3 is 9.84 Å². The normalized spacial score (nSPS) is 31.8. The van der Waals surface area contributed by atoms with E-state index in [1.807, 2.05) is 12.1 Å². The summed E-state index contributed by atoms with van der Waals surface area (Å²) in [5.41, 5.74) is 2.24. The Bertz CT molecular complexity index is 543. The highest BCUT2D eigenvalue weighted by Crippen LogP contribution is 2.34. The molecule has 3 fully saturated rings. The van der Waals surface area contributed by atoms with Crippen LogP contribution in [0.5, 0.6) is 5.75 Å². The molecule has 4 aliphatic rings. The van der Waals surface area contributed by atoms with E-state index < -0.39 is 0 Å². The Morgan fingerprint density at radius 3 is 2.81 bits per heavy atom. The van der Waals surface area contributed by atoms with Crippen molar-refractivity contribution in [2.75, 3.05) is 39.3 Å². The van der Waals surface area contributed by atoms with Crippen LogP contribution in [0.1, 0.15) is 11.1 Å². The maximum atomic E-state index is 10.7. The van der Waals surface area contributed by atoms with E-state index in [0.29, 0.717) is 6.42 Å². The summed E-state index contributed by atoms with van der Waals surface area (Å²) in [6, 6.07) is 4.17. The highest BCUT2D eigenvalue weighted by Gasteiger charge is 2.36. The lowest BCUT2D eigenvalue weighted by Gasteiger charge is -2.49. The van der Waals surface area contributed by atoms with Crippen molar-refractivity contribution in [1.29, 1.82) is 0 Å². The number of fused-ring (bicyclic) bond motifs is 4. The second kappa shape index (κ2) is 5.43. The number of hydrogen-bond donors (Lipinski definition) is 1. The van der Waals surface area contributed by atoms with Gasteiger partial charge in [0.25, 0.3) is 0 Å². The average Bonchev–Trinajstić information content (AvgIpc) is 2.96. The molecule has 1 aromatic rings. The minimum Gasteiger partial charge on any atom is -0.493 e. The smallest absolute Gasteiger partial charge is 0.126 e. The summed E-state index contributed by atoms with van der Waals surface area (Å²) in [5, 5.41) is 11.5. The van der Waals surface area contributed by atoms with Gasteiger partial charge in [-0.05, 0) is 23.3 Å². The average molecular weight is 309 g/mol. The van der Waals surface area contributed by atoms with E-state index in [2.05, 4.69) is 9.80 Å². The Labute approximate surface area is 130 Å². The van der Waals surface area contributed by atoms with Crippen molar-refractivity contribution in [3.63, 3.8) is 0 Å². The van der Waals surface area contributed by atoms with Crippen LogP contribution in [-0.4, -0.2) is 66.4 Å². The Hall–Kier alpha value is -0.810. The van der Waals surface area contributed by atoms with E-state index >= 15 is 0 Å². The molecule has 3 saturated heterocycles. The molecular weight excluding hydrogens is 288 g/mol. The minimum atomic E-state index is -0.361. The number of halogens is 1. The summed E-state index contributed by atoms with van der Waals surface area (Å²) in [5.74, 6) is 0.953. The van der Waals surface area contributed by atoms with Crippen molar-refractivity contribution in [1.82, 2.24) is 9.80 Å². The van der Waals surface area contributed by atoms with E-state index in [4.69, 9.17) is 16.3 Å². The second-order valence-electron chi connectivity index (χ2n) is 6.33. The number of benzene rings is 1. The molecule has 2 atom stereocenters. The monoisotopic (exact) mass is 308 g/mol. The summed E-state index contributed by atoms with van der Waals surface area (Å²) in [4.78, 5) is 4.88. The third-order valence-corrected chi connectivity index (χ3v) is 5.24. The first-order valence-electron chi connectivity index (χ1n) is 7.79. The molecule has 0 radical (unpaired) electrons. The highest BCUT2D eigenvalue weighted by atomic mass is 35.5. The van der Waals surface area contributed by atoms with Gasteiger partial charge in [-0.25, -0.2) is 0 Å². The van der Waals surface area contributed by atoms with Crippen molar-refractivity contribution >= 4 is 11.6 Å². The quantitative estimate of drug-likeness (QED) is 0.909. The van der Waals surface area contributed by atoms with Gasteiger partial charge >= 0.3 is 0 Å². The third kappa shape index (κ3) is 2.55. The molecule has 0 aromatic heterocycles. The van der Waals surface area contributed by atoms with E-state index in [9.17, 15) is 5.11 Å². The summed E-state index contributed by atoms with van der Waals surface area (Å²) >= 11 is 6.20. The van der Waals surface area contributed by atoms with Crippen molar-refractivity contribution < 1.29 is 9.84 Å². The maximum absolute atomic E-state index is 10.7. The van der Waals surface area contributed by atoms with Crippen LogP contribution in [0, 0.1) is 0 Å². The van der Waals surface area contributed by atoms with Gasteiger partial charge in [-0.2, -0.15) is 0 Å². The fourth-order valence-electron chi connectivity index (χ4n) is 3.88. The van der Waals surface area contributed by atoms with Gasteiger partial charge in [0, 0.05) is 56.6 Å². The molecule has 5 heteroatoms. The van der Waals surface area contributed by atoms with Crippen molar-refractivity contribution in [3.05, 3.63) is 28.3 Å². The Morgan fingerprint density at radius 1 is 1.29 bits per heavy atom. The van der Waals surface area contributed by atoms with Crippen LogP contribution in [-0.2, 0) is 12.8 Å². The lowest BCUT2D eigenvalue weighted by molar-refractivity contribution is -0.0454. The molecule has 1 aromatic carbocycles. The van der Waals surface area contributed by atoms with Gasteiger partial charge in [0.15, 0.2) is 0 Å². The van der Waals surface area contributed by atoms with Crippen LogP contribution in [0.25, 0.3) is 0 Å². The molecule has 0 aliphatic carbocycles. The SMILES string of the molecule is OC(Cc1cc(Cl)cc2c1OCC2)C1CN2CCN1CC2. The van der Waals surface area contributed by atoms with E-state index in [-0.39, 0.29) is 12.1 Å². The van der Waals surface area contributed by atoms with Crippen LogP contribution < -0.4 is 4.74 Å². The third-order valence-electron chi connectivity index (χ3n) is 5.02. The second-order valence-corrected chi connectivity index (χ2v) is 6.76. The zero-order chi connectivity index (χ0) is 14.4. The summed E-state index contributed by atoms with van der Waals surface area (Å²) in [6.07, 6.45) is 1.18. The van der Waals surface area contributed by atoms with Gasteiger partial charge in [-0.1, -0.05) is 11.6 Å². The maximum Gasteiger partial charge on any atom is 0.126 e. The van der Waals surface area contributed by atoms with Crippen molar-refractivity contribution in [2.45, 2.75) is 25.0 Å². The summed E-state index contributed by atoms with van der Waals surface area (Å²) < 4.78 is 5.74. The Balaban J connectivity index is 1.53. The first-order valence-corrected chi connectivity index (χ1v) is 8.17. The number of rotatable bonds is 3. The molecule has 1 N–H and O–H groups in total. The fraction of sp³-hybridized carbons (Fsp3) is 0.625. The molecule has 0 amide bonds. The molecule has 4 nitrogen and oxygen atoms in total. The number of piperazine rings is 3. The minimum absolute atomic E-state index is 0.239. The summed E-state index contributed by atoms with van der Waals surface area (Å²) in [6.45, 7) is 6.13. The molecule has 4 heterocycles. The van der Waals surface area contributed by atoms with Crippen molar-refractivity contribution in [3.8, 4) is 5.75 Å². The molecular formula is C16H21ClN2O2. The lowest BCUT2D eigenvalue weighted by atomic mass is 9.95. The zero-order valence-electron chi connectivity index (χ0n) is 12.1. The van der Waals surface area contributed by atoms with Crippen LogP contribution in [0.3, 0.4) is 0 Å². The van der Waals surface area contributed by atoms with Crippen LogP contribution >= 0.6 is 11.6 Å².